The van der Waals surface area contributed by atoms with Crippen molar-refractivity contribution in [2.24, 2.45) is 5.41 Å². The number of carbonyl (C=O) groups excluding carboxylic acids is 1. The summed E-state index contributed by atoms with van der Waals surface area (Å²) in [5, 5.41) is 3.47. The van der Waals surface area contributed by atoms with E-state index < -0.39 is 0 Å². The second-order valence-corrected chi connectivity index (χ2v) is 7.09. The van der Waals surface area contributed by atoms with Crippen molar-refractivity contribution in [2.75, 3.05) is 26.2 Å². The minimum atomic E-state index is 0.191. The molecule has 0 aromatic heterocycles. The van der Waals surface area contributed by atoms with Crippen LogP contribution in [0, 0.1) is 12.3 Å². The molecule has 0 bridgehead atoms. The van der Waals surface area contributed by atoms with Crippen molar-refractivity contribution in [3.05, 3.63) is 33.8 Å². The summed E-state index contributed by atoms with van der Waals surface area (Å²) in [6, 6.07) is 5.90. The first kappa shape index (κ1) is 14.1. The number of likely N-dealkylation sites (tertiary alicyclic amines) is 1. The molecule has 2 fully saturated rings. The zero-order valence-corrected chi connectivity index (χ0v) is 13.5. The fourth-order valence-corrected chi connectivity index (χ4v) is 3.92. The van der Waals surface area contributed by atoms with Gasteiger partial charge in [-0.25, -0.2) is 0 Å². The lowest BCUT2D eigenvalue weighted by Gasteiger charge is -2.39. The Morgan fingerprint density at radius 1 is 1.30 bits per heavy atom. The molecule has 0 atom stereocenters. The number of nitrogens with zero attached hydrogens (tertiary/aromatic N) is 1. The molecule has 4 heteroatoms. The molecule has 1 amide bonds. The molecule has 108 valence electrons. The van der Waals surface area contributed by atoms with Crippen LogP contribution in [0.15, 0.2) is 22.7 Å². The van der Waals surface area contributed by atoms with E-state index >= 15 is 0 Å². The van der Waals surface area contributed by atoms with Crippen LogP contribution in [0.3, 0.4) is 0 Å². The second kappa shape index (κ2) is 5.49. The van der Waals surface area contributed by atoms with Crippen LogP contribution in [0.4, 0.5) is 0 Å². The van der Waals surface area contributed by atoms with E-state index in [4.69, 9.17) is 0 Å². The van der Waals surface area contributed by atoms with Crippen LogP contribution in [0.2, 0.25) is 0 Å². The maximum absolute atomic E-state index is 12.6. The van der Waals surface area contributed by atoms with Crippen molar-refractivity contribution in [3.8, 4) is 0 Å². The van der Waals surface area contributed by atoms with Crippen molar-refractivity contribution < 1.29 is 4.79 Å². The van der Waals surface area contributed by atoms with Gasteiger partial charge in [-0.05, 0) is 61.9 Å². The third kappa shape index (κ3) is 2.63. The van der Waals surface area contributed by atoms with Gasteiger partial charge in [0, 0.05) is 29.7 Å². The minimum absolute atomic E-state index is 0.191. The van der Waals surface area contributed by atoms with Crippen LogP contribution in [-0.4, -0.2) is 37.0 Å². The Hall–Kier alpha value is -0.870. The van der Waals surface area contributed by atoms with Gasteiger partial charge in [0.2, 0.25) is 0 Å². The predicted octanol–water partition coefficient (Wildman–Crippen LogP) is 2.97. The van der Waals surface area contributed by atoms with E-state index in [-0.39, 0.29) is 5.91 Å². The van der Waals surface area contributed by atoms with Crippen molar-refractivity contribution in [1.29, 1.82) is 0 Å². The molecule has 2 heterocycles. The molecule has 3 rings (SSSR count). The first-order valence-corrected chi connectivity index (χ1v) is 8.15. The Labute approximate surface area is 128 Å². The monoisotopic (exact) mass is 336 g/mol. The van der Waals surface area contributed by atoms with E-state index in [1.165, 1.54) is 6.42 Å². The summed E-state index contributed by atoms with van der Waals surface area (Å²) >= 11 is 3.45. The Bertz CT molecular complexity index is 513. The maximum Gasteiger partial charge on any atom is 0.254 e. The number of nitrogens with one attached hydrogen (secondary N) is 1. The number of aryl methyl sites for hydroxylation is 1. The first-order valence-electron chi connectivity index (χ1n) is 7.36. The summed E-state index contributed by atoms with van der Waals surface area (Å²) in [6.07, 6.45) is 3.55. The fourth-order valence-electron chi connectivity index (χ4n) is 3.44. The molecule has 2 saturated heterocycles. The van der Waals surface area contributed by atoms with Gasteiger partial charge in [-0.1, -0.05) is 15.9 Å². The summed E-state index contributed by atoms with van der Waals surface area (Å²) in [5.74, 6) is 0.191. The van der Waals surface area contributed by atoms with Crippen LogP contribution in [0.5, 0.6) is 0 Å². The molecule has 0 saturated carbocycles. The smallest absolute Gasteiger partial charge is 0.254 e. The summed E-state index contributed by atoms with van der Waals surface area (Å²) in [5.41, 5.74) is 2.35. The number of amides is 1. The molecule has 1 aromatic rings. The molecule has 2 aliphatic heterocycles. The van der Waals surface area contributed by atoms with E-state index in [0.717, 1.165) is 54.6 Å². The largest absolute Gasteiger partial charge is 0.339 e. The molecule has 20 heavy (non-hydrogen) atoms. The minimum Gasteiger partial charge on any atom is -0.339 e. The van der Waals surface area contributed by atoms with Gasteiger partial charge in [-0.3, -0.25) is 4.79 Å². The van der Waals surface area contributed by atoms with Crippen molar-refractivity contribution in [1.82, 2.24) is 10.2 Å². The zero-order chi connectivity index (χ0) is 14.2. The van der Waals surface area contributed by atoms with E-state index in [1.54, 1.807) is 0 Å². The van der Waals surface area contributed by atoms with Crippen molar-refractivity contribution in [2.45, 2.75) is 26.2 Å². The molecule has 1 aromatic carbocycles. The SMILES string of the molecule is Cc1cc(Br)ccc1C(=O)N1CCC2(CCNC2)CC1. The van der Waals surface area contributed by atoms with Crippen molar-refractivity contribution in [3.63, 3.8) is 0 Å². The number of hydrogen-bond acceptors (Lipinski definition) is 2. The average molecular weight is 337 g/mol. The third-order valence-electron chi connectivity index (χ3n) is 4.86. The first-order chi connectivity index (χ1) is 9.60. The zero-order valence-electron chi connectivity index (χ0n) is 11.9. The number of carbonyl (C=O) groups is 1. The topological polar surface area (TPSA) is 32.3 Å². The molecule has 1 N–H and O–H groups in total. The van der Waals surface area contributed by atoms with Crippen LogP contribution in [-0.2, 0) is 0 Å². The summed E-state index contributed by atoms with van der Waals surface area (Å²) < 4.78 is 1.03. The number of hydrogen-bond donors (Lipinski definition) is 1. The Morgan fingerprint density at radius 3 is 2.65 bits per heavy atom. The standard InChI is InChI=1S/C16H21BrN2O/c1-12-10-13(17)2-3-14(12)15(20)19-8-5-16(6-9-19)4-7-18-11-16/h2-3,10,18H,4-9,11H2,1H3. The highest BCUT2D eigenvalue weighted by atomic mass is 79.9. The second-order valence-electron chi connectivity index (χ2n) is 6.18. The Morgan fingerprint density at radius 2 is 2.05 bits per heavy atom. The highest BCUT2D eigenvalue weighted by Crippen LogP contribution is 2.37. The van der Waals surface area contributed by atoms with Gasteiger partial charge >= 0.3 is 0 Å². The Balaban J connectivity index is 1.69. The van der Waals surface area contributed by atoms with Crippen molar-refractivity contribution >= 4 is 21.8 Å². The molecule has 1 spiro atoms. The molecular weight excluding hydrogens is 316 g/mol. The third-order valence-corrected chi connectivity index (χ3v) is 5.36. The lowest BCUT2D eigenvalue weighted by atomic mass is 9.77. The molecule has 0 unspecified atom stereocenters. The summed E-state index contributed by atoms with van der Waals surface area (Å²) in [4.78, 5) is 14.7. The molecular formula is C16H21BrN2O. The van der Waals surface area contributed by atoms with Gasteiger partial charge in [0.05, 0.1) is 0 Å². The highest BCUT2D eigenvalue weighted by Gasteiger charge is 2.38. The number of benzene rings is 1. The molecule has 2 aliphatic rings. The van der Waals surface area contributed by atoms with Gasteiger partial charge in [-0.15, -0.1) is 0 Å². The van der Waals surface area contributed by atoms with Crippen LogP contribution >= 0.6 is 15.9 Å². The number of piperidine rings is 1. The van der Waals surface area contributed by atoms with Crippen LogP contribution in [0.1, 0.15) is 35.2 Å². The predicted molar refractivity (Wildman–Crippen MR) is 83.9 cm³/mol. The average Bonchev–Trinajstić information content (AvgIpc) is 2.87. The molecule has 3 nitrogen and oxygen atoms in total. The summed E-state index contributed by atoms with van der Waals surface area (Å²) in [6.45, 7) is 6.07. The van der Waals surface area contributed by atoms with Gasteiger partial charge in [0.25, 0.3) is 5.91 Å². The summed E-state index contributed by atoms with van der Waals surface area (Å²) in [7, 11) is 0. The Kier molecular flexibility index (Phi) is 3.87. The van der Waals surface area contributed by atoms with E-state index in [2.05, 4.69) is 21.2 Å². The van der Waals surface area contributed by atoms with E-state index in [9.17, 15) is 4.79 Å². The lowest BCUT2D eigenvalue weighted by molar-refractivity contribution is 0.0607. The molecule has 0 aliphatic carbocycles. The lowest BCUT2D eigenvalue weighted by Crippen LogP contribution is -2.44. The van der Waals surface area contributed by atoms with Crippen LogP contribution < -0.4 is 5.32 Å². The molecule has 0 radical (unpaired) electrons. The van der Waals surface area contributed by atoms with Crippen LogP contribution in [0.25, 0.3) is 0 Å². The van der Waals surface area contributed by atoms with E-state index in [1.807, 2.05) is 30.0 Å². The number of halogens is 1. The highest BCUT2D eigenvalue weighted by molar-refractivity contribution is 9.10. The van der Waals surface area contributed by atoms with E-state index in [0.29, 0.717) is 5.41 Å². The fraction of sp³-hybridized carbons (Fsp3) is 0.562. The maximum atomic E-state index is 12.6. The van der Waals surface area contributed by atoms with Gasteiger partial charge in [0.15, 0.2) is 0 Å². The quantitative estimate of drug-likeness (QED) is 0.855. The van der Waals surface area contributed by atoms with Gasteiger partial charge < -0.3 is 10.2 Å². The normalized spacial score (nSPS) is 21.4. The van der Waals surface area contributed by atoms with Gasteiger partial charge in [-0.2, -0.15) is 0 Å². The number of rotatable bonds is 1. The van der Waals surface area contributed by atoms with Gasteiger partial charge in [0.1, 0.15) is 0 Å².